The molecule has 1 heterocycles. The van der Waals surface area contributed by atoms with Gasteiger partial charge in [0.25, 0.3) is 0 Å². The lowest BCUT2D eigenvalue weighted by Crippen LogP contribution is -2.32. The fraction of sp³-hybridized carbons (Fsp3) is 0.458. The molecule has 0 fully saturated rings. The van der Waals surface area contributed by atoms with Crippen molar-refractivity contribution in [1.29, 1.82) is 0 Å². The summed E-state index contributed by atoms with van der Waals surface area (Å²) in [6, 6.07) is 9.35. The Balaban J connectivity index is 1.82. The third-order valence-corrected chi connectivity index (χ3v) is 5.36. The maximum absolute atomic E-state index is 12.9. The minimum Gasteiger partial charge on any atom is -0.496 e. The SMILES string of the molecule is COc1cc(CC(=O)c2ccc3c(c2)CCC(C)(C)O3)cc(OC)c1CCCF. The highest BCUT2D eigenvalue weighted by Crippen LogP contribution is 2.35. The molecule has 2 aromatic carbocycles. The maximum atomic E-state index is 12.9. The predicted octanol–water partition coefficient (Wildman–Crippen LogP) is 5.13. The number of Topliss-reactive ketones (excluding diaryl/α,β-unsaturated/α-hetero) is 1. The highest BCUT2D eigenvalue weighted by atomic mass is 19.1. The van der Waals surface area contributed by atoms with Crippen molar-refractivity contribution in [1.82, 2.24) is 0 Å². The number of fused-ring (bicyclic) bond motifs is 1. The summed E-state index contributed by atoms with van der Waals surface area (Å²) < 4.78 is 29.6. The zero-order valence-electron chi connectivity index (χ0n) is 17.6. The summed E-state index contributed by atoms with van der Waals surface area (Å²) in [4.78, 5) is 12.9. The van der Waals surface area contributed by atoms with E-state index >= 15 is 0 Å². The number of rotatable bonds is 8. The Bertz CT molecular complexity index is 863. The van der Waals surface area contributed by atoms with Gasteiger partial charge in [0.05, 0.1) is 20.9 Å². The first-order valence-corrected chi connectivity index (χ1v) is 10.0. The number of hydrogen-bond acceptors (Lipinski definition) is 4. The van der Waals surface area contributed by atoms with Crippen LogP contribution in [0.1, 0.15) is 53.7 Å². The summed E-state index contributed by atoms with van der Waals surface area (Å²) in [5.41, 5.74) is 3.22. The van der Waals surface area contributed by atoms with Gasteiger partial charge in [0.1, 0.15) is 22.8 Å². The first kappa shape index (κ1) is 21.2. The van der Waals surface area contributed by atoms with E-state index in [1.807, 2.05) is 30.3 Å². The Labute approximate surface area is 172 Å². The number of ketones is 1. The molecule has 0 bridgehead atoms. The normalized spacial score (nSPS) is 14.7. The van der Waals surface area contributed by atoms with Crippen molar-refractivity contribution in [3.63, 3.8) is 0 Å². The monoisotopic (exact) mass is 400 g/mol. The molecule has 0 aliphatic carbocycles. The third-order valence-electron chi connectivity index (χ3n) is 5.36. The van der Waals surface area contributed by atoms with Crippen molar-refractivity contribution in [2.75, 3.05) is 20.9 Å². The number of hydrogen-bond donors (Lipinski definition) is 0. The van der Waals surface area contributed by atoms with Gasteiger partial charge in [-0.15, -0.1) is 0 Å². The molecule has 0 spiro atoms. The Kier molecular flexibility index (Phi) is 6.46. The van der Waals surface area contributed by atoms with E-state index in [-0.39, 0.29) is 17.8 Å². The van der Waals surface area contributed by atoms with Crippen LogP contribution in [0.25, 0.3) is 0 Å². The highest BCUT2D eigenvalue weighted by Gasteiger charge is 2.27. The Morgan fingerprint density at radius 3 is 2.45 bits per heavy atom. The number of ether oxygens (including phenoxy) is 3. The van der Waals surface area contributed by atoms with Crippen molar-refractivity contribution in [3.05, 3.63) is 52.6 Å². The number of carbonyl (C=O) groups is 1. The van der Waals surface area contributed by atoms with Crippen molar-refractivity contribution in [2.45, 2.75) is 51.6 Å². The lowest BCUT2D eigenvalue weighted by atomic mass is 9.92. The van der Waals surface area contributed by atoms with E-state index in [9.17, 15) is 9.18 Å². The van der Waals surface area contributed by atoms with Crippen LogP contribution in [0.5, 0.6) is 17.2 Å². The Morgan fingerprint density at radius 1 is 1.14 bits per heavy atom. The second kappa shape index (κ2) is 8.85. The van der Waals surface area contributed by atoms with Gasteiger partial charge in [-0.05, 0) is 81.0 Å². The molecule has 0 aromatic heterocycles. The number of methoxy groups -OCH3 is 2. The molecule has 0 N–H and O–H groups in total. The molecule has 0 atom stereocenters. The number of benzene rings is 2. The molecule has 3 rings (SSSR count). The summed E-state index contributed by atoms with van der Waals surface area (Å²) in [5, 5.41) is 0. The van der Waals surface area contributed by atoms with Gasteiger partial charge in [0, 0.05) is 17.5 Å². The first-order valence-electron chi connectivity index (χ1n) is 10.0. The van der Waals surface area contributed by atoms with Crippen LogP contribution in [-0.4, -0.2) is 32.3 Å². The summed E-state index contributed by atoms with van der Waals surface area (Å²) in [7, 11) is 3.15. The average molecular weight is 400 g/mol. The van der Waals surface area contributed by atoms with Crippen LogP contribution in [0.3, 0.4) is 0 Å². The van der Waals surface area contributed by atoms with Crippen molar-refractivity contribution in [2.24, 2.45) is 0 Å². The highest BCUT2D eigenvalue weighted by molar-refractivity contribution is 5.98. The quantitative estimate of drug-likeness (QED) is 0.576. The third kappa shape index (κ3) is 4.89. The summed E-state index contributed by atoms with van der Waals surface area (Å²) in [5.74, 6) is 2.14. The molecule has 1 aliphatic heterocycles. The lowest BCUT2D eigenvalue weighted by Gasteiger charge is -2.32. The Morgan fingerprint density at radius 2 is 1.83 bits per heavy atom. The molecule has 4 nitrogen and oxygen atoms in total. The second-order valence-electron chi connectivity index (χ2n) is 8.06. The molecule has 29 heavy (non-hydrogen) atoms. The topological polar surface area (TPSA) is 44.8 Å². The first-order chi connectivity index (χ1) is 13.9. The van der Waals surface area contributed by atoms with Crippen LogP contribution in [0.15, 0.2) is 30.3 Å². The van der Waals surface area contributed by atoms with E-state index in [1.165, 1.54) is 0 Å². The van der Waals surface area contributed by atoms with Crippen molar-refractivity contribution >= 4 is 5.78 Å². The van der Waals surface area contributed by atoms with Crippen molar-refractivity contribution < 1.29 is 23.4 Å². The smallest absolute Gasteiger partial charge is 0.167 e. The van der Waals surface area contributed by atoms with Gasteiger partial charge in [-0.25, -0.2) is 0 Å². The summed E-state index contributed by atoms with van der Waals surface area (Å²) in [6.45, 7) is 3.76. The van der Waals surface area contributed by atoms with Crippen molar-refractivity contribution in [3.8, 4) is 17.2 Å². The maximum Gasteiger partial charge on any atom is 0.167 e. The molecule has 2 aromatic rings. The van der Waals surface area contributed by atoms with E-state index in [0.29, 0.717) is 29.9 Å². The van der Waals surface area contributed by atoms with E-state index in [2.05, 4.69) is 13.8 Å². The van der Waals surface area contributed by atoms with Gasteiger partial charge < -0.3 is 14.2 Å². The fourth-order valence-corrected chi connectivity index (χ4v) is 3.75. The van der Waals surface area contributed by atoms with Crippen LogP contribution in [0.2, 0.25) is 0 Å². The molecule has 0 radical (unpaired) electrons. The van der Waals surface area contributed by atoms with E-state index < -0.39 is 6.67 Å². The molecule has 5 heteroatoms. The van der Waals surface area contributed by atoms with Crippen LogP contribution in [0.4, 0.5) is 4.39 Å². The molecule has 0 saturated heterocycles. The zero-order chi connectivity index (χ0) is 21.0. The van der Waals surface area contributed by atoms with Crippen LogP contribution in [0, 0.1) is 0 Å². The van der Waals surface area contributed by atoms with Gasteiger partial charge in [-0.2, -0.15) is 0 Å². The average Bonchev–Trinajstić information content (AvgIpc) is 2.70. The van der Waals surface area contributed by atoms with Crippen LogP contribution in [-0.2, 0) is 19.3 Å². The molecule has 0 unspecified atom stereocenters. The van der Waals surface area contributed by atoms with E-state index in [4.69, 9.17) is 14.2 Å². The summed E-state index contributed by atoms with van der Waals surface area (Å²) >= 11 is 0. The van der Waals surface area contributed by atoms with Gasteiger partial charge in [0.15, 0.2) is 5.78 Å². The number of carbonyl (C=O) groups excluding carboxylic acids is 1. The van der Waals surface area contributed by atoms with Gasteiger partial charge in [0.2, 0.25) is 0 Å². The molecule has 1 aliphatic rings. The standard InChI is InChI=1S/C24H29FO4/c1-24(2)10-9-18-15-17(7-8-21(18)29-24)20(26)12-16-13-22(27-3)19(6-5-11-25)23(14-16)28-4/h7-8,13-15H,5-6,9-12H2,1-4H3. The van der Waals surface area contributed by atoms with Gasteiger partial charge in [-0.1, -0.05) is 0 Å². The fourth-order valence-electron chi connectivity index (χ4n) is 3.75. The van der Waals surface area contributed by atoms with E-state index in [0.717, 1.165) is 35.3 Å². The molecular formula is C24H29FO4. The summed E-state index contributed by atoms with van der Waals surface area (Å²) in [6.07, 6.45) is 2.99. The van der Waals surface area contributed by atoms with E-state index in [1.54, 1.807) is 14.2 Å². The number of halogens is 1. The number of aryl methyl sites for hydroxylation is 1. The van der Waals surface area contributed by atoms with Crippen LogP contribution >= 0.6 is 0 Å². The molecule has 0 amide bonds. The Hall–Kier alpha value is -2.56. The lowest BCUT2D eigenvalue weighted by molar-refractivity contribution is 0.0846. The minimum absolute atomic E-state index is 0.0262. The molecule has 156 valence electrons. The second-order valence-corrected chi connectivity index (χ2v) is 8.06. The minimum atomic E-state index is -0.397. The van der Waals surface area contributed by atoms with Gasteiger partial charge >= 0.3 is 0 Å². The van der Waals surface area contributed by atoms with Crippen LogP contribution < -0.4 is 14.2 Å². The largest absolute Gasteiger partial charge is 0.496 e. The number of alkyl halides is 1. The van der Waals surface area contributed by atoms with Gasteiger partial charge in [-0.3, -0.25) is 9.18 Å². The predicted molar refractivity (Wildman–Crippen MR) is 111 cm³/mol. The molecule has 0 saturated carbocycles. The zero-order valence-corrected chi connectivity index (χ0v) is 17.6. The molecular weight excluding hydrogens is 371 g/mol.